The maximum atomic E-state index is 16.1. The van der Waals surface area contributed by atoms with Crippen molar-refractivity contribution in [3.63, 3.8) is 0 Å². The molecule has 16 heteroatoms. The molecule has 0 saturated carbocycles. The number of nitrogens with two attached hydrogens (primary N) is 1. The molecule has 0 aliphatic carbocycles. The number of primary amides is 1. The molecule has 2 saturated heterocycles. The third kappa shape index (κ3) is 7.87. The van der Waals surface area contributed by atoms with Gasteiger partial charge in [0.15, 0.2) is 0 Å². The zero-order valence-electron chi connectivity index (χ0n) is 32.5. The van der Waals surface area contributed by atoms with Crippen LogP contribution in [-0.4, -0.2) is 76.0 Å². The maximum Gasteiger partial charge on any atom is 0.257 e. The molecule has 3 aliphatic rings. The van der Waals surface area contributed by atoms with Gasteiger partial charge >= 0.3 is 0 Å². The topological polar surface area (TPSA) is 168 Å². The fraction of sp³-hybridized carbons (Fsp3) is 0.302. The summed E-state index contributed by atoms with van der Waals surface area (Å²) in [6, 6.07) is 16.7. The highest BCUT2D eigenvalue weighted by atomic mass is 19.1. The van der Waals surface area contributed by atoms with Gasteiger partial charge in [0.25, 0.3) is 11.8 Å². The third-order valence-corrected chi connectivity index (χ3v) is 11.3. The number of hydrogen-bond donors (Lipinski definition) is 4. The Morgan fingerprint density at radius 3 is 2.39 bits per heavy atom. The van der Waals surface area contributed by atoms with E-state index in [1.165, 1.54) is 31.2 Å². The summed E-state index contributed by atoms with van der Waals surface area (Å²) in [4.78, 5) is 58.5. The van der Waals surface area contributed by atoms with Crippen LogP contribution < -0.4 is 26.6 Å². The molecule has 0 unspecified atom stereocenters. The van der Waals surface area contributed by atoms with Crippen LogP contribution in [0.1, 0.15) is 67.4 Å². The van der Waals surface area contributed by atoms with Crippen molar-refractivity contribution in [2.24, 2.45) is 5.73 Å². The standard InChI is InChI=1S/C43H42F3N9O4/c1-23-4-3-5-34(48-23)50-42(58)28-7-8-30(38(46)24(28)2)39-37(40(47)57)41-49-33-10-6-27(22-26(33)13-15-55(41)52-39)54-18-16-53(17-19-54)14-12-25-20-31(44)36(32(45)21-25)29-9-11-35(56)51-43(29)59/h3-8,10,20-22,29,49H,9,11-19H2,1-2H3,(H2,47,57)(H,48,50,58)(H,51,56,59)/t29-/m1/s1. The van der Waals surface area contributed by atoms with E-state index < -0.39 is 47.0 Å². The molecular weight excluding hydrogens is 764 g/mol. The average molecular weight is 806 g/mol. The fourth-order valence-electron chi connectivity index (χ4n) is 8.14. The Morgan fingerprint density at radius 1 is 0.915 bits per heavy atom. The molecule has 5 heterocycles. The first-order chi connectivity index (χ1) is 28.3. The van der Waals surface area contributed by atoms with Gasteiger partial charge in [-0.05, 0) is 104 Å². The van der Waals surface area contributed by atoms with Crippen molar-refractivity contribution in [2.75, 3.05) is 48.3 Å². The molecule has 3 aromatic carbocycles. The van der Waals surface area contributed by atoms with Crippen molar-refractivity contribution >= 4 is 46.6 Å². The first-order valence-corrected chi connectivity index (χ1v) is 19.5. The fourth-order valence-corrected chi connectivity index (χ4v) is 8.14. The van der Waals surface area contributed by atoms with Gasteiger partial charge in [-0.3, -0.25) is 29.4 Å². The van der Waals surface area contributed by atoms with E-state index in [0.717, 1.165) is 48.8 Å². The average Bonchev–Trinajstić information content (AvgIpc) is 3.46. The van der Waals surface area contributed by atoms with Crippen LogP contribution in [0, 0.1) is 31.3 Å². The number of halogens is 3. The van der Waals surface area contributed by atoms with Crippen molar-refractivity contribution in [1.29, 1.82) is 0 Å². The zero-order chi connectivity index (χ0) is 41.5. The summed E-state index contributed by atoms with van der Waals surface area (Å²) < 4.78 is 47.8. The van der Waals surface area contributed by atoms with Crippen molar-refractivity contribution in [3.05, 3.63) is 117 Å². The molecule has 5 N–H and O–H groups in total. The molecular formula is C43H42F3N9O4. The quantitative estimate of drug-likeness (QED) is 0.141. The van der Waals surface area contributed by atoms with Crippen LogP contribution in [0.15, 0.2) is 60.7 Å². The second kappa shape index (κ2) is 16.0. The number of pyridine rings is 1. The number of amides is 4. The molecule has 59 heavy (non-hydrogen) atoms. The molecule has 304 valence electrons. The highest BCUT2D eigenvalue weighted by Crippen LogP contribution is 2.38. The predicted octanol–water partition coefficient (Wildman–Crippen LogP) is 5.52. The van der Waals surface area contributed by atoms with E-state index in [9.17, 15) is 19.2 Å². The number of aryl methyl sites for hydroxylation is 3. The van der Waals surface area contributed by atoms with Gasteiger partial charge in [-0.15, -0.1) is 0 Å². The van der Waals surface area contributed by atoms with Gasteiger partial charge < -0.3 is 21.3 Å². The number of anilines is 4. The van der Waals surface area contributed by atoms with Crippen LogP contribution in [0.4, 0.5) is 36.2 Å². The predicted molar refractivity (Wildman–Crippen MR) is 215 cm³/mol. The normalized spacial score (nSPS) is 16.8. The van der Waals surface area contributed by atoms with E-state index >= 15 is 13.2 Å². The summed E-state index contributed by atoms with van der Waals surface area (Å²) >= 11 is 0. The minimum Gasteiger partial charge on any atom is -0.369 e. The molecule has 4 amide bonds. The number of imide groups is 1. The second-order valence-electron chi connectivity index (χ2n) is 15.1. The van der Waals surface area contributed by atoms with Crippen LogP contribution in [-0.2, 0) is 29.0 Å². The number of piperidine rings is 1. The molecule has 5 aromatic rings. The monoisotopic (exact) mass is 805 g/mol. The lowest BCUT2D eigenvalue weighted by atomic mass is 9.89. The molecule has 8 rings (SSSR count). The summed E-state index contributed by atoms with van der Waals surface area (Å²) in [5.41, 5.74) is 9.96. The molecule has 2 aromatic heterocycles. The Labute approximate surface area is 337 Å². The van der Waals surface area contributed by atoms with Crippen molar-refractivity contribution in [1.82, 2.24) is 25.0 Å². The lowest BCUT2D eigenvalue weighted by molar-refractivity contribution is -0.134. The summed E-state index contributed by atoms with van der Waals surface area (Å²) in [6.07, 6.45) is 1.10. The van der Waals surface area contributed by atoms with E-state index in [4.69, 9.17) is 5.73 Å². The van der Waals surface area contributed by atoms with Crippen LogP contribution >= 0.6 is 0 Å². The third-order valence-electron chi connectivity index (χ3n) is 11.3. The molecule has 13 nitrogen and oxygen atoms in total. The maximum absolute atomic E-state index is 16.1. The Morgan fingerprint density at radius 2 is 1.68 bits per heavy atom. The number of carbonyl (C=O) groups is 4. The van der Waals surface area contributed by atoms with Gasteiger partial charge in [0.1, 0.15) is 40.3 Å². The number of carbonyl (C=O) groups excluding carboxylic acids is 4. The highest BCUT2D eigenvalue weighted by molar-refractivity contribution is 6.07. The summed E-state index contributed by atoms with van der Waals surface area (Å²) in [7, 11) is 0. The molecule has 2 fully saturated rings. The zero-order valence-corrected chi connectivity index (χ0v) is 32.5. The Kier molecular flexibility index (Phi) is 10.7. The van der Waals surface area contributed by atoms with E-state index in [-0.39, 0.29) is 46.4 Å². The minimum absolute atomic E-state index is 0.0354. The van der Waals surface area contributed by atoms with Gasteiger partial charge in [-0.1, -0.05) is 6.07 Å². The van der Waals surface area contributed by atoms with E-state index in [1.807, 2.05) is 12.1 Å². The molecule has 0 radical (unpaired) electrons. The number of rotatable bonds is 9. The van der Waals surface area contributed by atoms with Crippen LogP contribution in [0.2, 0.25) is 0 Å². The Hall–Kier alpha value is -6.55. The van der Waals surface area contributed by atoms with E-state index in [1.54, 1.807) is 29.8 Å². The number of nitrogens with one attached hydrogen (secondary N) is 3. The lowest BCUT2D eigenvalue weighted by Gasteiger charge is -2.36. The number of piperazine rings is 1. The van der Waals surface area contributed by atoms with Gasteiger partial charge in [-0.25, -0.2) is 22.8 Å². The highest BCUT2D eigenvalue weighted by Gasteiger charge is 2.33. The Bertz CT molecular complexity index is 2510. The molecule has 0 spiro atoms. The van der Waals surface area contributed by atoms with Gasteiger partial charge in [0.05, 0.1) is 5.92 Å². The van der Waals surface area contributed by atoms with E-state index in [0.29, 0.717) is 43.1 Å². The number of nitrogens with zero attached hydrogens (tertiary/aromatic N) is 5. The lowest BCUT2D eigenvalue weighted by Crippen LogP contribution is -2.47. The summed E-state index contributed by atoms with van der Waals surface area (Å²) in [5, 5.41) is 12.9. The van der Waals surface area contributed by atoms with Crippen molar-refractivity contribution < 1.29 is 32.3 Å². The van der Waals surface area contributed by atoms with Crippen LogP contribution in [0.3, 0.4) is 0 Å². The molecule has 3 aliphatic heterocycles. The Balaban J connectivity index is 0.920. The number of fused-ring (bicyclic) bond motifs is 2. The number of aromatic nitrogens is 3. The summed E-state index contributed by atoms with van der Waals surface area (Å²) in [6.45, 7) is 7.21. The van der Waals surface area contributed by atoms with Crippen molar-refractivity contribution in [2.45, 2.75) is 52.0 Å². The SMILES string of the molecule is Cc1cccc(NC(=O)c2ccc(-c3nn4c(c3C(N)=O)Nc3ccc(N5CCN(CCc6cc(F)c([C@H]7CCC(=O)NC7=O)c(F)c6)CC5)cc3CC4)c(F)c2C)n1. The van der Waals surface area contributed by atoms with E-state index in [2.05, 4.69) is 41.9 Å². The number of hydrogen-bond acceptors (Lipinski definition) is 9. The van der Waals surface area contributed by atoms with Gasteiger partial charge in [0, 0.05) is 79.4 Å². The smallest absolute Gasteiger partial charge is 0.257 e. The number of benzene rings is 3. The summed E-state index contributed by atoms with van der Waals surface area (Å²) in [5.74, 6) is -5.01. The minimum atomic E-state index is -1.03. The van der Waals surface area contributed by atoms with Gasteiger partial charge in [0.2, 0.25) is 11.8 Å². The first kappa shape index (κ1) is 39.3. The van der Waals surface area contributed by atoms with Crippen molar-refractivity contribution in [3.8, 4) is 11.3 Å². The molecule has 0 bridgehead atoms. The molecule has 1 atom stereocenters. The second-order valence-corrected chi connectivity index (χ2v) is 15.1. The van der Waals surface area contributed by atoms with Crippen LogP contribution in [0.25, 0.3) is 11.3 Å². The first-order valence-electron chi connectivity index (χ1n) is 19.5. The van der Waals surface area contributed by atoms with Crippen LogP contribution in [0.5, 0.6) is 0 Å². The largest absolute Gasteiger partial charge is 0.369 e. The van der Waals surface area contributed by atoms with Gasteiger partial charge in [-0.2, -0.15) is 5.10 Å².